The van der Waals surface area contributed by atoms with E-state index in [4.69, 9.17) is 0 Å². The smallest absolute Gasteiger partial charge is 0.335 e. The predicted octanol–water partition coefficient (Wildman–Crippen LogP) is 4.65. The Kier molecular flexibility index (Phi) is 5.05. The monoisotopic (exact) mass is 287 g/mol. The average Bonchev–Trinajstić information content (AvgIpc) is 2.82. The Balaban J connectivity index is 2.67. The molecule has 114 valence electrons. The Morgan fingerprint density at radius 2 is 1.90 bits per heavy atom. The number of aromatic nitrogens is 1. The maximum Gasteiger partial charge on any atom is 0.335 e. The minimum atomic E-state index is -0.838. The number of benzene rings is 1. The van der Waals surface area contributed by atoms with Gasteiger partial charge in [0.1, 0.15) is 0 Å². The molecule has 0 atom stereocenters. The maximum atomic E-state index is 11.4. The van der Waals surface area contributed by atoms with E-state index >= 15 is 0 Å². The molecule has 0 saturated heterocycles. The molecule has 0 aliphatic rings. The standard InChI is InChI=1S/C18H25NO2/c1-4-7-9-19-12-14(8-5-2)16-11-15(18(20)21)10-13(6-3)17(16)19/h10-12H,4-9H2,1-3H3,(H,20,21). The molecule has 0 fully saturated rings. The van der Waals surface area contributed by atoms with Gasteiger partial charge in [-0.1, -0.05) is 33.6 Å². The minimum Gasteiger partial charge on any atom is -0.478 e. The molecule has 1 aromatic heterocycles. The van der Waals surface area contributed by atoms with Crippen LogP contribution < -0.4 is 0 Å². The molecule has 0 aliphatic heterocycles. The summed E-state index contributed by atoms with van der Waals surface area (Å²) in [5.74, 6) is -0.838. The number of carboxylic acids is 1. The zero-order valence-corrected chi connectivity index (χ0v) is 13.3. The van der Waals surface area contributed by atoms with E-state index in [1.807, 2.05) is 12.1 Å². The molecule has 3 heteroatoms. The van der Waals surface area contributed by atoms with Crippen LogP contribution in [0.4, 0.5) is 0 Å². The van der Waals surface area contributed by atoms with Crippen molar-refractivity contribution < 1.29 is 9.90 Å². The second-order valence-corrected chi connectivity index (χ2v) is 5.64. The maximum absolute atomic E-state index is 11.4. The van der Waals surface area contributed by atoms with Crippen molar-refractivity contribution in [3.05, 3.63) is 35.0 Å². The lowest BCUT2D eigenvalue weighted by Crippen LogP contribution is -2.01. The summed E-state index contributed by atoms with van der Waals surface area (Å²) < 4.78 is 2.33. The van der Waals surface area contributed by atoms with E-state index in [0.717, 1.165) is 49.6 Å². The number of carboxylic acid groups (broad SMARTS) is 1. The number of unbranched alkanes of at least 4 members (excludes halogenated alkanes) is 1. The van der Waals surface area contributed by atoms with Gasteiger partial charge in [-0.2, -0.15) is 0 Å². The van der Waals surface area contributed by atoms with Crippen molar-refractivity contribution in [3.8, 4) is 0 Å². The molecule has 1 aromatic carbocycles. The third kappa shape index (κ3) is 3.12. The summed E-state index contributed by atoms with van der Waals surface area (Å²) in [6, 6.07) is 3.69. The molecule has 0 radical (unpaired) electrons. The number of aryl methyl sites for hydroxylation is 3. The normalized spacial score (nSPS) is 11.2. The molecule has 0 saturated carbocycles. The van der Waals surface area contributed by atoms with Gasteiger partial charge in [0.05, 0.1) is 11.1 Å². The predicted molar refractivity (Wildman–Crippen MR) is 87.2 cm³/mol. The molecule has 2 aromatic rings. The third-order valence-electron chi connectivity index (χ3n) is 4.03. The average molecular weight is 287 g/mol. The first-order valence-corrected chi connectivity index (χ1v) is 8.00. The highest BCUT2D eigenvalue weighted by Gasteiger charge is 2.15. The van der Waals surface area contributed by atoms with Crippen LogP contribution in [0.15, 0.2) is 18.3 Å². The van der Waals surface area contributed by atoms with Crippen LogP contribution in [0.2, 0.25) is 0 Å². The van der Waals surface area contributed by atoms with Crippen molar-refractivity contribution in [1.82, 2.24) is 4.57 Å². The van der Waals surface area contributed by atoms with Gasteiger partial charge in [-0.25, -0.2) is 4.79 Å². The second kappa shape index (κ2) is 6.79. The molecule has 2 rings (SSSR count). The lowest BCUT2D eigenvalue weighted by atomic mass is 10.0. The van der Waals surface area contributed by atoms with Gasteiger partial charge < -0.3 is 9.67 Å². The van der Waals surface area contributed by atoms with E-state index in [2.05, 4.69) is 31.5 Å². The van der Waals surface area contributed by atoms with Crippen LogP contribution in [0.1, 0.15) is 61.5 Å². The molecule has 3 nitrogen and oxygen atoms in total. The summed E-state index contributed by atoms with van der Waals surface area (Å²) in [6.07, 6.45) is 7.48. The summed E-state index contributed by atoms with van der Waals surface area (Å²) >= 11 is 0. The first-order chi connectivity index (χ1) is 10.1. The fraction of sp³-hybridized carbons (Fsp3) is 0.500. The number of rotatable bonds is 7. The first-order valence-electron chi connectivity index (χ1n) is 8.00. The number of carbonyl (C=O) groups is 1. The van der Waals surface area contributed by atoms with Gasteiger partial charge in [0.15, 0.2) is 0 Å². The number of nitrogens with zero attached hydrogens (tertiary/aromatic N) is 1. The highest BCUT2D eigenvalue weighted by molar-refractivity contribution is 5.96. The molecule has 1 N–H and O–H groups in total. The van der Waals surface area contributed by atoms with E-state index in [1.54, 1.807) is 0 Å². The van der Waals surface area contributed by atoms with E-state index in [-0.39, 0.29) is 0 Å². The summed E-state index contributed by atoms with van der Waals surface area (Å²) in [4.78, 5) is 11.4. The molecule has 0 spiro atoms. The van der Waals surface area contributed by atoms with Gasteiger partial charge in [0.2, 0.25) is 0 Å². The highest BCUT2D eigenvalue weighted by atomic mass is 16.4. The molecule has 0 unspecified atom stereocenters. The van der Waals surface area contributed by atoms with Crippen LogP contribution in [0.3, 0.4) is 0 Å². The number of aromatic carboxylic acids is 1. The third-order valence-corrected chi connectivity index (χ3v) is 4.03. The molecule has 21 heavy (non-hydrogen) atoms. The number of hydrogen-bond donors (Lipinski definition) is 1. The van der Waals surface area contributed by atoms with E-state index < -0.39 is 5.97 Å². The van der Waals surface area contributed by atoms with Crippen molar-refractivity contribution in [1.29, 1.82) is 0 Å². The summed E-state index contributed by atoms with van der Waals surface area (Å²) in [5.41, 5.74) is 4.06. The van der Waals surface area contributed by atoms with Gasteiger partial charge in [0.25, 0.3) is 0 Å². The second-order valence-electron chi connectivity index (χ2n) is 5.64. The lowest BCUT2D eigenvalue weighted by Gasteiger charge is -2.09. The van der Waals surface area contributed by atoms with Gasteiger partial charge in [0, 0.05) is 18.1 Å². The lowest BCUT2D eigenvalue weighted by molar-refractivity contribution is 0.0697. The van der Waals surface area contributed by atoms with Crippen molar-refractivity contribution >= 4 is 16.9 Å². The quantitative estimate of drug-likeness (QED) is 0.805. The minimum absolute atomic E-state index is 0.407. The van der Waals surface area contributed by atoms with Gasteiger partial charge in [-0.05, 0) is 42.5 Å². The molecular formula is C18H25NO2. The van der Waals surface area contributed by atoms with Gasteiger partial charge in [-0.15, -0.1) is 0 Å². The Bertz CT molecular complexity index is 640. The van der Waals surface area contributed by atoms with Crippen LogP contribution in [0.25, 0.3) is 10.9 Å². The molecule has 0 aliphatic carbocycles. The van der Waals surface area contributed by atoms with Gasteiger partial charge >= 0.3 is 5.97 Å². The van der Waals surface area contributed by atoms with Crippen molar-refractivity contribution in [2.75, 3.05) is 0 Å². The van der Waals surface area contributed by atoms with Crippen LogP contribution in [-0.2, 0) is 19.4 Å². The molecule has 0 amide bonds. The Hall–Kier alpha value is -1.77. The van der Waals surface area contributed by atoms with Crippen molar-refractivity contribution in [2.45, 2.75) is 59.4 Å². The Morgan fingerprint density at radius 3 is 2.48 bits per heavy atom. The molecule has 1 heterocycles. The molecular weight excluding hydrogens is 262 g/mol. The van der Waals surface area contributed by atoms with E-state index in [1.165, 1.54) is 11.1 Å². The summed E-state index contributed by atoms with van der Waals surface area (Å²) in [6.45, 7) is 7.46. The van der Waals surface area contributed by atoms with E-state index in [9.17, 15) is 9.90 Å². The van der Waals surface area contributed by atoms with Crippen LogP contribution in [0.5, 0.6) is 0 Å². The summed E-state index contributed by atoms with van der Waals surface area (Å²) in [7, 11) is 0. The van der Waals surface area contributed by atoms with Crippen LogP contribution in [-0.4, -0.2) is 15.6 Å². The zero-order valence-electron chi connectivity index (χ0n) is 13.3. The van der Waals surface area contributed by atoms with Gasteiger partial charge in [-0.3, -0.25) is 0 Å². The largest absolute Gasteiger partial charge is 0.478 e. The van der Waals surface area contributed by atoms with Crippen molar-refractivity contribution in [3.63, 3.8) is 0 Å². The number of fused-ring (bicyclic) bond motifs is 1. The highest BCUT2D eigenvalue weighted by Crippen LogP contribution is 2.28. The Morgan fingerprint density at radius 1 is 1.14 bits per heavy atom. The Labute approximate surface area is 126 Å². The first kappa shape index (κ1) is 15.6. The summed E-state index contributed by atoms with van der Waals surface area (Å²) in [5, 5.41) is 10.5. The molecule has 0 bridgehead atoms. The topological polar surface area (TPSA) is 42.2 Å². The van der Waals surface area contributed by atoms with Crippen molar-refractivity contribution in [2.24, 2.45) is 0 Å². The fourth-order valence-electron chi connectivity index (χ4n) is 2.97. The fourth-order valence-corrected chi connectivity index (χ4v) is 2.97. The SMILES string of the molecule is CCCCn1cc(CCC)c2cc(C(=O)O)cc(CC)c21. The van der Waals surface area contributed by atoms with Crippen LogP contribution >= 0.6 is 0 Å². The van der Waals surface area contributed by atoms with E-state index in [0.29, 0.717) is 5.56 Å². The zero-order chi connectivity index (χ0) is 15.4. The van der Waals surface area contributed by atoms with Crippen LogP contribution in [0, 0.1) is 0 Å². The number of hydrogen-bond acceptors (Lipinski definition) is 1.